The van der Waals surface area contributed by atoms with E-state index >= 15 is 0 Å². The maximum atomic E-state index is 5.29. The summed E-state index contributed by atoms with van der Waals surface area (Å²) < 4.78 is 5.29. The van der Waals surface area contributed by atoms with Gasteiger partial charge >= 0.3 is 0 Å². The van der Waals surface area contributed by atoms with Crippen LogP contribution in [0.5, 0.6) is 0 Å². The molecule has 1 saturated heterocycles. The van der Waals surface area contributed by atoms with Crippen molar-refractivity contribution in [1.82, 2.24) is 4.90 Å². The first-order valence-electron chi connectivity index (χ1n) is 5.76. The summed E-state index contributed by atoms with van der Waals surface area (Å²) in [5.74, 6) is 0. The van der Waals surface area contributed by atoms with Gasteiger partial charge in [-0.3, -0.25) is 4.90 Å². The lowest BCUT2D eigenvalue weighted by atomic mass is 9.94. The van der Waals surface area contributed by atoms with Crippen LogP contribution in [0.2, 0.25) is 0 Å². The van der Waals surface area contributed by atoms with Crippen molar-refractivity contribution in [3.8, 4) is 0 Å². The second kappa shape index (κ2) is 4.43. The van der Waals surface area contributed by atoms with E-state index in [1.807, 2.05) is 0 Å². The number of ether oxygens (including phenoxy) is 1. The zero-order valence-electron chi connectivity index (χ0n) is 8.67. The fraction of sp³-hybridized carbons (Fsp3) is 1.00. The van der Waals surface area contributed by atoms with E-state index in [2.05, 4.69) is 11.8 Å². The van der Waals surface area contributed by atoms with Crippen LogP contribution in [0.25, 0.3) is 0 Å². The topological polar surface area (TPSA) is 15.8 Å². The average molecular weight is 183 g/mol. The van der Waals surface area contributed by atoms with Crippen LogP contribution in [-0.2, 0) is 4.74 Å². The Hall–Kier alpha value is -0.0800. The number of rotatable bonds is 4. The van der Waals surface area contributed by atoms with Gasteiger partial charge < -0.3 is 4.74 Å². The monoisotopic (exact) mass is 183 g/mol. The lowest BCUT2D eigenvalue weighted by Crippen LogP contribution is -2.39. The van der Waals surface area contributed by atoms with Gasteiger partial charge in [0, 0.05) is 12.6 Å². The van der Waals surface area contributed by atoms with E-state index in [-0.39, 0.29) is 0 Å². The molecule has 0 amide bonds. The molecule has 0 aromatic carbocycles. The molecule has 0 N–H and O–H groups in total. The Morgan fingerprint density at radius 2 is 1.92 bits per heavy atom. The van der Waals surface area contributed by atoms with Crippen LogP contribution in [0.3, 0.4) is 0 Å². The molecule has 1 unspecified atom stereocenters. The van der Waals surface area contributed by atoms with Gasteiger partial charge in [-0.2, -0.15) is 0 Å². The molecule has 0 spiro atoms. The molecule has 0 radical (unpaired) electrons. The first-order valence-corrected chi connectivity index (χ1v) is 5.76. The third kappa shape index (κ3) is 2.68. The summed E-state index contributed by atoms with van der Waals surface area (Å²) in [5.41, 5.74) is 0. The molecule has 0 bridgehead atoms. The first-order chi connectivity index (χ1) is 6.40. The molecule has 2 nitrogen and oxygen atoms in total. The maximum Gasteiger partial charge on any atom is 0.0936 e. The summed E-state index contributed by atoms with van der Waals surface area (Å²) in [6.07, 6.45) is 7.73. The SMILES string of the molecule is CCN(CC1CO1)C1CCCCC1. The van der Waals surface area contributed by atoms with Crippen molar-refractivity contribution in [3.05, 3.63) is 0 Å². The van der Waals surface area contributed by atoms with Crippen molar-refractivity contribution in [2.45, 2.75) is 51.2 Å². The highest BCUT2D eigenvalue weighted by Crippen LogP contribution is 2.24. The molecule has 2 rings (SSSR count). The molecular formula is C11H21NO. The Morgan fingerprint density at radius 3 is 2.46 bits per heavy atom. The molecule has 1 atom stereocenters. The molecule has 1 saturated carbocycles. The van der Waals surface area contributed by atoms with Crippen LogP contribution in [-0.4, -0.2) is 36.7 Å². The highest BCUT2D eigenvalue weighted by molar-refractivity contribution is 4.80. The van der Waals surface area contributed by atoms with E-state index in [1.165, 1.54) is 45.2 Å². The number of epoxide rings is 1. The summed E-state index contributed by atoms with van der Waals surface area (Å²) in [7, 11) is 0. The third-order valence-corrected chi connectivity index (χ3v) is 3.34. The van der Waals surface area contributed by atoms with Crippen molar-refractivity contribution in [2.75, 3.05) is 19.7 Å². The molecule has 2 aliphatic rings. The lowest BCUT2D eigenvalue weighted by molar-refractivity contribution is 0.150. The largest absolute Gasteiger partial charge is 0.372 e. The van der Waals surface area contributed by atoms with Crippen LogP contribution in [0.15, 0.2) is 0 Å². The van der Waals surface area contributed by atoms with Gasteiger partial charge in [-0.15, -0.1) is 0 Å². The standard InChI is InChI=1S/C11H21NO/c1-2-12(8-11-9-13-11)10-6-4-3-5-7-10/h10-11H,2-9H2,1H3. The van der Waals surface area contributed by atoms with Crippen molar-refractivity contribution in [3.63, 3.8) is 0 Å². The summed E-state index contributed by atoms with van der Waals surface area (Å²) >= 11 is 0. The van der Waals surface area contributed by atoms with Gasteiger partial charge in [-0.25, -0.2) is 0 Å². The normalized spacial score (nSPS) is 29.5. The molecule has 13 heavy (non-hydrogen) atoms. The molecule has 2 heteroatoms. The van der Waals surface area contributed by atoms with E-state index in [0.717, 1.165) is 12.6 Å². The number of likely N-dealkylation sites (N-methyl/N-ethyl adjacent to an activating group) is 1. The minimum Gasteiger partial charge on any atom is -0.372 e. The summed E-state index contributed by atoms with van der Waals surface area (Å²) in [6, 6.07) is 0.864. The van der Waals surface area contributed by atoms with Gasteiger partial charge in [0.2, 0.25) is 0 Å². The van der Waals surface area contributed by atoms with E-state index in [4.69, 9.17) is 4.74 Å². The van der Waals surface area contributed by atoms with Gasteiger partial charge in [0.25, 0.3) is 0 Å². The molecule has 0 aromatic rings. The molecule has 1 aliphatic heterocycles. The van der Waals surface area contributed by atoms with Crippen LogP contribution in [0.1, 0.15) is 39.0 Å². The highest BCUT2D eigenvalue weighted by atomic mass is 16.6. The first kappa shape index (κ1) is 9.47. The Balaban J connectivity index is 1.78. The summed E-state index contributed by atoms with van der Waals surface area (Å²) in [6.45, 7) is 5.66. The van der Waals surface area contributed by atoms with E-state index in [0.29, 0.717) is 6.10 Å². The number of hydrogen-bond donors (Lipinski definition) is 0. The Bertz CT molecular complexity index is 150. The zero-order chi connectivity index (χ0) is 9.10. The molecule has 1 aliphatic carbocycles. The van der Waals surface area contributed by atoms with Crippen molar-refractivity contribution < 1.29 is 4.74 Å². The van der Waals surface area contributed by atoms with Crippen LogP contribution in [0, 0.1) is 0 Å². The van der Waals surface area contributed by atoms with Crippen molar-refractivity contribution in [2.24, 2.45) is 0 Å². The Labute approximate surface area is 81.3 Å². The van der Waals surface area contributed by atoms with Crippen LogP contribution in [0.4, 0.5) is 0 Å². The van der Waals surface area contributed by atoms with E-state index < -0.39 is 0 Å². The van der Waals surface area contributed by atoms with E-state index in [1.54, 1.807) is 0 Å². The average Bonchev–Trinajstić information content (AvgIpc) is 2.99. The number of hydrogen-bond acceptors (Lipinski definition) is 2. The summed E-state index contributed by atoms with van der Waals surface area (Å²) in [4.78, 5) is 2.62. The second-order valence-electron chi connectivity index (χ2n) is 4.33. The second-order valence-corrected chi connectivity index (χ2v) is 4.33. The zero-order valence-corrected chi connectivity index (χ0v) is 8.67. The third-order valence-electron chi connectivity index (χ3n) is 3.34. The van der Waals surface area contributed by atoms with Crippen LogP contribution < -0.4 is 0 Å². The summed E-state index contributed by atoms with van der Waals surface area (Å²) in [5, 5.41) is 0. The lowest BCUT2D eigenvalue weighted by Gasteiger charge is -2.33. The fourth-order valence-electron chi connectivity index (χ4n) is 2.42. The van der Waals surface area contributed by atoms with Gasteiger partial charge in [-0.1, -0.05) is 26.2 Å². The molecule has 0 aromatic heterocycles. The van der Waals surface area contributed by atoms with E-state index in [9.17, 15) is 0 Å². The van der Waals surface area contributed by atoms with Gasteiger partial charge in [0.15, 0.2) is 0 Å². The van der Waals surface area contributed by atoms with Gasteiger partial charge in [0.1, 0.15) is 0 Å². The molecule has 2 fully saturated rings. The van der Waals surface area contributed by atoms with Crippen LogP contribution >= 0.6 is 0 Å². The van der Waals surface area contributed by atoms with Gasteiger partial charge in [-0.05, 0) is 19.4 Å². The number of nitrogens with zero attached hydrogens (tertiary/aromatic N) is 1. The molecular weight excluding hydrogens is 162 g/mol. The molecule has 76 valence electrons. The van der Waals surface area contributed by atoms with Gasteiger partial charge in [0.05, 0.1) is 12.7 Å². The predicted molar refractivity (Wildman–Crippen MR) is 53.9 cm³/mol. The maximum absolute atomic E-state index is 5.29. The fourth-order valence-corrected chi connectivity index (χ4v) is 2.42. The molecule has 1 heterocycles. The Kier molecular flexibility index (Phi) is 3.23. The Morgan fingerprint density at radius 1 is 1.23 bits per heavy atom. The minimum absolute atomic E-state index is 0.571. The minimum atomic E-state index is 0.571. The smallest absolute Gasteiger partial charge is 0.0936 e. The van der Waals surface area contributed by atoms with Crippen molar-refractivity contribution in [1.29, 1.82) is 0 Å². The van der Waals surface area contributed by atoms with Crippen molar-refractivity contribution >= 4 is 0 Å². The quantitative estimate of drug-likeness (QED) is 0.620. The highest BCUT2D eigenvalue weighted by Gasteiger charge is 2.28. The predicted octanol–water partition coefficient (Wildman–Crippen LogP) is 2.04.